The van der Waals surface area contributed by atoms with Crippen LogP contribution >= 0.6 is 0 Å². The van der Waals surface area contributed by atoms with Gasteiger partial charge >= 0.3 is 0 Å². The molecule has 1 aliphatic carbocycles. The highest BCUT2D eigenvalue weighted by molar-refractivity contribution is 5.56. The summed E-state index contributed by atoms with van der Waals surface area (Å²) in [5.74, 6) is 0. The highest BCUT2D eigenvalue weighted by atomic mass is 16.3. The fraction of sp³-hybridized carbons (Fsp3) is 0.550. The third-order valence-corrected chi connectivity index (χ3v) is 5.74. The van der Waals surface area contributed by atoms with E-state index >= 15 is 0 Å². The second kappa shape index (κ2) is 7.29. The molecule has 1 saturated heterocycles. The Morgan fingerprint density at radius 2 is 2.04 bits per heavy atom. The molecule has 2 aromatic rings. The second-order valence-electron chi connectivity index (χ2n) is 7.68. The van der Waals surface area contributed by atoms with Gasteiger partial charge < -0.3 is 5.11 Å². The van der Waals surface area contributed by atoms with Gasteiger partial charge in [-0.1, -0.05) is 12.8 Å². The molecular formula is C20H26N4O2. The predicted molar refractivity (Wildman–Crippen MR) is 99.7 cm³/mol. The Bertz CT molecular complexity index is 799. The van der Waals surface area contributed by atoms with Gasteiger partial charge in [0.05, 0.1) is 17.8 Å². The zero-order valence-corrected chi connectivity index (χ0v) is 15.0. The van der Waals surface area contributed by atoms with Gasteiger partial charge in [-0.15, -0.1) is 0 Å². The van der Waals surface area contributed by atoms with Crippen LogP contribution in [0.5, 0.6) is 0 Å². The molecule has 0 radical (unpaired) electrons. The van der Waals surface area contributed by atoms with Crippen molar-refractivity contribution in [3.05, 3.63) is 47.0 Å². The first-order valence-electron chi connectivity index (χ1n) is 9.58. The van der Waals surface area contributed by atoms with E-state index in [0.717, 1.165) is 56.3 Å². The largest absolute Gasteiger partial charge is 0.389 e. The molecule has 6 heteroatoms. The molecule has 0 amide bonds. The maximum Gasteiger partial charge on any atom is 0.266 e. The highest BCUT2D eigenvalue weighted by Gasteiger charge is 2.36. The molecule has 4 rings (SSSR count). The number of hydrogen-bond donors (Lipinski definition) is 1. The third kappa shape index (κ3) is 3.71. The molecule has 0 aromatic carbocycles. The fourth-order valence-electron chi connectivity index (χ4n) is 4.33. The molecule has 2 aliphatic rings. The van der Waals surface area contributed by atoms with Crippen molar-refractivity contribution in [1.29, 1.82) is 0 Å². The van der Waals surface area contributed by atoms with Gasteiger partial charge in [0, 0.05) is 36.6 Å². The summed E-state index contributed by atoms with van der Waals surface area (Å²) in [5.41, 5.74) is 1.05. The summed E-state index contributed by atoms with van der Waals surface area (Å²) < 4.78 is 1.57. The smallest absolute Gasteiger partial charge is 0.266 e. The first-order chi connectivity index (χ1) is 12.6. The quantitative estimate of drug-likeness (QED) is 0.890. The van der Waals surface area contributed by atoms with Crippen molar-refractivity contribution in [3.8, 4) is 11.3 Å². The molecule has 1 atom stereocenters. The molecule has 138 valence electrons. The highest BCUT2D eigenvalue weighted by Crippen LogP contribution is 2.32. The molecule has 1 unspecified atom stereocenters. The van der Waals surface area contributed by atoms with Gasteiger partial charge in [-0.05, 0) is 50.4 Å². The van der Waals surface area contributed by atoms with E-state index in [1.807, 2.05) is 12.1 Å². The van der Waals surface area contributed by atoms with Gasteiger partial charge in [-0.25, -0.2) is 4.68 Å². The maximum atomic E-state index is 12.3. The van der Waals surface area contributed by atoms with Crippen LogP contribution in [-0.4, -0.2) is 49.5 Å². The Kier molecular flexibility index (Phi) is 4.87. The molecule has 1 saturated carbocycles. The van der Waals surface area contributed by atoms with Gasteiger partial charge in [0.1, 0.15) is 0 Å². The molecule has 0 spiro atoms. The molecule has 2 aromatic heterocycles. The van der Waals surface area contributed by atoms with Gasteiger partial charge in [-0.2, -0.15) is 5.10 Å². The summed E-state index contributed by atoms with van der Waals surface area (Å²) in [6, 6.07) is 7.41. The monoisotopic (exact) mass is 354 g/mol. The predicted octanol–water partition coefficient (Wildman–Crippen LogP) is 2.07. The number of aromatic nitrogens is 3. The van der Waals surface area contributed by atoms with Crippen molar-refractivity contribution in [2.24, 2.45) is 0 Å². The lowest BCUT2D eigenvalue weighted by molar-refractivity contribution is 0.00357. The Morgan fingerprint density at radius 3 is 2.81 bits per heavy atom. The summed E-state index contributed by atoms with van der Waals surface area (Å²) >= 11 is 0. The molecule has 0 bridgehead atoms. The van der Waals surface area contributed by atoms with Crippen molar-refractivity contribution in [3.63, 3.8) is 0 Å². The maximum absolute atomic E-state index is 12.3. The van der Waals surface area contributed by atoms with Gasteiger partial charge in [0.25, 0.3) is 5.56 Å². The molecule has 1 N–H and O–H groups in total. The summed E-state index contributed by atoms with van der Waals surface area (Å²) in [4.78, 5) is 18.8. The van der Waals surface area contributed by atoms with Crippen molar-refractivity contribution in [1.82, 2.24) is 19.7 Å². The second-order valence-corrected chi connectivity index (χ2v) is 7.68. The van der Waals surface area contributed by atoms with E-state index in [1.165, 1.54) is 0 Å². The Hall–Kier alpha value is -2.05. The number of pyridine rings is 1. The molecular weight excluding hydrogens is 328 g/mol. The number of β-amino-alcohol motifs (C(OH)–C–C–N with tert-alkyl or cyclic N) is 1. The van der Waals surface area contributed by atoms with Crippen LogP contribution < -0.4 is 5.56 Å². The topological polar surface area (TPSA) is 71.2 Å². The van der Waals surface area contributed by atoms with E-state index in [-0.39, 0.29) is 11.6 Å². The number of nitrogens with zero attached hydrogens (tertiary/aromatic N) is 4. The molecule has 2 fully saturated rings. The van der Waals surface area contributed by atoms with E-state index < -0.39 is 5.60 Å². The van der Waals surface area contributed by atoms with Crippen LogP contribution in [0.3, 0.4) is 0 Å². The van der Waals surface area contributed by atoms with Crippen LogP contribution in [-0.2, 0) is 6.54 Å². The average molecular weight is 354 g/mol. The minimum absolute atomic E-state index is 0.0796. The summed E-state index contributed by atoms with van der Waals surface area (Å²) in [6.45, 7) is 2.28. The Morgan fingerprint density at radius 1 is 1.19 bits per heavy atom. The average Bonchev–Trinajstić information content (AvgIpc) is 3.27. The summed E-state index contributed by atoms with van der Waals surface area (Å²) in [6.07, 6.45) is 9.65. The van der Waals surface area contributed by atoms with Crippen LogP contribution in [0.4, 0.5) is 0 Å². The summed E-state index contributed by atoms with van der Waals surface area (Å²) in [5, 5.41) is 15.3. The number of hydrogen-bond acceptors (Lipinski definition) is 5. The van der Waals surface area contributed by atoms with E-state index in [2.05, 4.69) is 15.0 Å². The van der Waals surface area contributed by atoms with E-state index in [0.29, 0.717) is 13.1 Å². The first kappa shape index (κ1) is 17.4. The van der Waals surface area contributed by atoms with Gasteiger partial charge in [0.15, 0.2) is 0 Å². The van der Waals surface area contributed by atoms with Crippen molar-refractivity contribution >= 4 is 0 Å². The third-order valence-electron chi connectivity index (χ3n) is 5.74. The van der Waals surface area contributed by atoms with Gasteiger partial charge in [-0.3, -0.25) is 14.7 Å². The number of likely N-dealkylation sites (tertiary alicyclic amines) is 1. The van der Waals surface area contributed by atoms with Crippen LogP contribution in [0.1, 0.15) is 38.5 Å². The van der Waals surface area contributed by atoms with Crippen molar-refractivity contribution in [2.75, 3.05) is 13.1 Å². The first-order valence-corrected chi connectivity index (χ1v) is 9.58. The molecule has 1 aliphatic heterocycles. The van der Waals surface area contributed by atoms with Gasteiger partial charge in [0.2, 0.25) is 0 Å². The fourth-order valence-corrected chi connectivity index (χ4v) is 4.33. The van der Waals surface area contributed by atoms with Crippen LogP contribution in [0.15, 0.2) is 41.5 Å². The van der Waals surface area contributed by atoms with Crippen LogP contribution in [0, 0.1) is 0 Å². The molecule has 3 heterocycles. The van der Waals surface area contributed by atoms with Crippen molar-refractivity contribution in [2.45, 2.75) is 56.7 Å². The number of aliphatic hydroxyl groups is 1. The molecule has 26 heavy (non-hydrogen) atoms. The van der Waals surface area contributed by atoms with E-state index in [1.54, 1.807) is 29.2 Å². The Labute approximate surface area is 153 Å². The van der Waals surface area contributed by atoms with E-state index in [9.17, 15) is 9.90 Å². The minimum atomic E-state index is -0.543. The summed E-state index contributed by atoms with van der Waals surface area (Å²) in [7, 11) is 0. The normalized spacial score (nSPS) is 22.7. The standard InChI is InChI=1S/C20H26N4O2/c25-19-8-7-18(16-5-3-11-21-13-16)22-24(19)14-17-6-4-12-23(17)15-20(26)9-1-2-10-20/h3,5,7-8,11,13,17,26H,1-2,4,6,9-10,12,14-15H2. The lowest BCUT2D eigenvalue weighted by Gasteiger charge is -2.32. The van der Waals surface area contributed by atoms with Crippen LogP contribution in [0.25, 0.3) is 11.3 Å². The van der Waals surface area contributed by atoms with Crippen molar-refractivity contribution < 1.29 is 5.11 Å². The lowest BCUT2D eigenvalue weighted by atomic mass is 10.0. The minimum Gasteiger partial charge on any atom is -0.389 e. The van der Waals surface area contributed by atoms with Crippen LogP contribution in [0.2, 0.25) is 0 Å². The Balaban J connectivity index is 1.51. The zero-order chi connectivity index (χ0) is 18.0. The SMILES string of the molecule is O=c1ccc(-c2cccnc2)nn1CC1CCCN1CC1(O)CCCC1. The molecule has 6 nitrogen and oxygen atoms in total. The lowest BCUT2D eigenvalue weighted by Crippen LogP contribution is -2.45. The zero-order valence-electron chi connectivity index (χ0n) is 15.0. The van der Waals surface area contributed by atoms with E-state index in [4.69, 9.17) is 0 Å². The number of rotatable bonds is 5.